The number of hydrogen-bond donors (Lipinski definition) is 2. The molecule has 0 aliphatic rings. The highest BCUT2D eigenvalue weighted by Crippen LogP contribution is 2.07. The van der Waals surface area contributed by atoms with Crippen LogP contribution in [0.25, 0.3) is 0 Å². The van der Waals surface area contributed by atoms with Crippen LogP contribution in [0, 0.1) is 0 Å². The van der Waals surface area contributed by atoms with E-state index in [2.05, 4.69) is 49.2 Å². The van der Waals surface area contributed by atoms with Crippen LogP contribution in [0.4, 0.5) is 0 Å². The minimum Gasteiger partial charge on any atom is -1.00 e. The third-order valence-corrected chi connectivity index (χ3v) is 2.00. The van der Waals surface area contributed by atoms with Crippen molar-refractivity contribution in [2.24, 2.45) is 0 Å². The Morgan fingerprint density at radius 3 is 1.10 bits per heavy atom. The van der Waals surface area contributed by atoms with Crippen molar-refractivity contribution >= 4 is 0 Å². The minimum absolute atomic E-state index is 0. The van der Waals surface area contributed by atoms with Crippen LogP contribution in [0.3, 0.4) is 0 Å². The molecular formula is C16H41ClN2O. The summed E-state index contributed by atoms with van der Waals surface area (Å²) < 4.78 is 0. The molecule has 0 atom stereocenters. The Morgan fingerprint density at radius 1 is 0.600 bits per heavy atom. The van der Waals surface area contributed by atoms with Gasteiger partial charge in [-0.15, -0.1) is 6.61 Å². The van der Waals surface area contributed by atoms with Gasteiger partial charge in [-0.05, 0) is 0 Å². The highest BCUT2D eigenvalue weighted by molar-refractivity contribution is 4.44. The average molecular weight is 313 g/mol. The maximum Gasteiger partial charge on any atom is 0.0661 e. The number of rotatable bonds is 8. The molecule has 0 saturated carbocycles. The number of halogens is 1. The maximum atomic E-state index is 10.1. The van der Waals surface area contributed by atoms with Crippen molar-refractivity contribution in [3.05, 3.63) is 0 Å². The van der Waals surface area contributed by atoms with E-state index in [1.165, 1.54) is 48.3 Å². The zero-order chi connectivity index (χ0) is 15.5. The lowest BCUT2D eigenvalue weighted by molar-refractivity contribution is -0.836. The first-order chi connectivity index (χ1) is 8.88. The predicted molar refractivity (Wildman–Crippen MR) is 84.9 cm³/mol. The van der Waals surface area contributed by atoms with Crippen LogP contribution in [-0.4, -0.2) is 48.9 Å². The van der Waals surface area contributed by atoms with Crippen molar-refractivity contribution in [3.63, 3.8) is 0 Å². The second kappa shape index (κ2) is 27.5. The molecule has 20 heavy (non-hydrogen) atoms. The van der Waals surface area contributed by atoms with E-state index in [-0.39, 0.29) is 19.0 Å². The second-order valence-electron chi connectivity index (χ2n) is 6.18. The lowest BCUT2D eigenvalue weighted by atomic mass is 10.1. The number of unbranched alkanes of at least 4 members (excludes halogenated alkanes) is 7. The van der Waals surface area contributed by atoms with E-state index in [0.29, 0.717) is 0 Å². The van der Waals surface area contributed by atoms with Crippen molar-refractivity contribution in [2.45, 2.75) is 58.3 Å². The van der Waals surface area contributed by atoms with Crippen LogP contribution in [0.2, 0.25) is 0 Å². The smallest absolute Gasteiger partial charge is 0.0661 e. The molecule has 0 aliphatic heterocycles. The predicted octanol–water partition coefficient (Wildman–Crippen LogP) is -2.99. The molecule has 0 saturated heterocycles. The average Bonchev–Trinajstić information content (AvgIpc) is 2.26. The third-order valence-electron chi connectivity index (χ3n) is 2.00. The Labute approximate surface area is 135 Å². The quantitative estimate of drug-likeness (QED) is 0.461. The van der Waals surface area contributed by atoms with Crippen molar-refractivity contribution < 1.29 is 27.3 Å². The molecule has 0 bridgehead atoms. The maximum absolute atomic E-state index is 10.1. The van der Waals surface area contributed by atoms with Gasteiger partial charge in [0, 0.05) is 0 Å². The van der Waals surface area contributed by atoms with E-state index in [1.807, 2.05) is 0 Å². The van der Waals surface area contributed by atoms with Gasteiger partial charge in [0.2, 0.25) is 0 Å². The summed E-state index contributed by atoms with van der Waals surface area (Å²) in [6, 6.07) is 0. The van der Waals surface area contributed by atoms with E-state index in [4.69, 9.17) is 0 Å². The fraction of sp³-hybridized carbons (Fsp3) is 1.00. The normalized spacial score (nSPS) is 9.30. The molecule has 3 nitrogen and oxygen atoms in total. The fourth-order valence-corrected chi connectivity index (χ4v) is 1.24. The summed E-state index contributed by atoms with van der Waals surface area (Å²) in [5, 5.41) is 10.1. The van der Waals surface area contributed by atoms with Gasteiger partial charge >= 0.3 is 0 Å². The lowest BCUT2D eigenvalue weighted by Gasteiger charge is -2.02. The first-order valence-corrected chi connectivity index (χ1v) is 8.00. The van der Waals surface area contributed by atoms with Gasteiger partial charge in [0.05, 0.1) is 42.3 Å². The van der Waals surface area contributed by atoms with Gasteiger partial charge in [0.25, 0.3) is 0 Å². The molecule has 0 spiro atoms. The molecule has 0 heterocycles. The van der Waals surface area contributed by atoms with Gasteiger partial charge < -0.3 is 27.3 Å². The van der Waals surface area contributed by atoms with Crippen LogP contribution in [-0.2, 0) is 0 Å². The van der Waals surface area contributed by atoms with Crippen LogP contribution in [0.1, 0.15) is 58.3 Å². The molecule has 0 aromatic heterocycles. The van der Waals surface area contributed by atoms with Crippen LogP contribution < -0.4 is 27.3 Å². The van der Waals surface area contributed by atoms with Gasteiger partial charge in [-0.2, -0.15) is 0 Å². The number of nitrogens with one attached hydrogen (secondary N) is 2. The molecule has 0 aromatic carbocycles. The van der Waals surface area contributed by atoms with Crippen molar-refractivity contribution in [1.29, 1.82) is 0 Å². The summed E-state index contributed by atoms with van der Waals surface area (Å²) in [5.41, 5.74) is 0. The fourth-order valence-electron chi connectivity index (χ4n) is 1.24. The summed E-state index contributed by atoms with van der Waals surface area (Å²) in [7, 11) is 12.5. The van der Waals surface area contributed by atoms with Gasteiger partial charge in [-0.25, -0.2) is 0 Å². The lowest BCUT2D eigenvalue weighted by Crippen LogP contribution is -3.02. The molecule has 0 radical (unpaired) electrons. The molecule has 4 heteroatoms. The van der Waals surface area contributed by atoms with Crippen molar-refractivity contribution in [3.8, 4) is 0 Å². The van der Waals surface area contributed by atoms with E-state index in [0.717, 1.165) is 12.8 Å². The van der Waals surface area contributed by atoms with Gasteiger partial charge in [-0.3, -0.25) is 0 Å². The van der Waals surface area contributed by atoms with Crippen LogP contribution in [0.5, 0.6) is 0 Å². The van der Waals surface area contributed by atoms with E-state index < -0.39 is 0 Å². The zero-order valence-corrected chi connectivity index (χ0v) is 15.9. The molecule has 0 fully saturated rings. The monoisotopic (exact) mass is 312 g/mol. The van der Waals surface area contributed by atoms with E-state index >= 15 is 0 Å². The molecule has 0 rings (SSSR count). The molecule has 0 amide bonds. The van der Waals surface area contributed by atoms with E-state index in [9.17, 15) is 5.11 Å². The first kappa shape index (κ1) is 28.3. The van der Waals surface area contributed by atoms with Gasteiger partial charge in [0.15, 0.2) is 0 Å². The molecule has 2 N–H and O–H groups in total. The Hall–Kier alpha value is 0.170. The Bertz CT molecular complexity index is 114. The van der Waals surface area contributed by atoms with E-state index in [1.54, 1.807) is 0 Å². The summed E-state index contributed by atoms with van der Waals surface area (Å²) in [4.78, 5) is 2.83. The minimum atomic E-state index is 0. The summed E-state index contributed by atoms with van der Waals surface area (Å²) in [5.74, 6) is 0. The van der Waals surface area contributed by atoms with Gasteiger partial charge in [-0.1, -0.05) is 58.3 Å². The first-order valence-electron chi connectivity index (χ1n) is 8.00. The Balaban J connectivity index is -0.000000119. The highest BCUT2D eigenvalue weighted by atomic mass is 35.5. The molecular weight excluding hydrogens is 272 g/mol. The number of quaternary nitrogens is 2. The number of hydrogen-bond acceptors (Lipinski definition) is 1. The van der Waals surface area contributed by atoms with Crippen molar-refractivity contribution in [1.82, 2.24) is 0 Å². The van der Waals surface area contributed by atoms with Crippen molar-refractivity contribution in [2.75, 3.05) is 48.9 Å². The molecule has 0 aromatic rings. The highest BCUT2D eigenvalue weighted by Gasteiger charge is 1.88. The summed E-state index contributed by atoms with van der Waals surface area (Å²) in [6.45, 7) is 2.35. The summed E-state index contributed by atoms with van der Waals surface area (Å²) in [6.07, 6.45) is 10.1. The topological polar surface area (TPSA) is 31.9 Å². The second-order valence-corrected chi connectivity index (χ2v) is 6.18. The summed E-state index contributed by atoms with van der Waals surface area (Å²) >= 11 is 0. The molecule has 0 aliphatic carbocycles. The molecule has 0 unspecified atom stereocenters. The standard InChI is InChI=1S/C10H21O.2C3H9N.ClH/c1-2-3-4-5-6-7-8-9-10-11;2*1-4(2)3;/h2-10H2,1H3;2*1-3H3;1H/q-1;;;/p+1. The van der Waals surface area contributed by atoms with Gasteiger partial charge in [0.1, 0.15) is 0 Å². The zero-order valence-electron chi connectivity index (χ0n) is 15.2. The largest absolute Gasteiger partial charge is 1.00 e. The Kier molecular flexibility index (Phi) is 39.0. The SMILES string of the molecule is CCCCCCCCCC[O-].C[NH+](C)C.C[NH+](C)C.[Cl-]. The Morgan fingerprint density at radius 2 is 0.850 bits per heavy atom. The van der Waals surface area contributed by atoms with Crippen LogP contribution >= 0.6 is 0 Å². The molecule has 128 valence electrons. The third kappa shape index (κ3) is 80.3. The van der Waals surface area contributed by atoms with Crippen LogP contribution in [0.15, 0.2) is 0 Å².